The van der Waals surface area contributed by atoms with E-state index in [1.165, 1.54) is 0 Å². The van der Waals surface area contributed by atoms with E-state index in [0.29, 0.717) is 5.88 Å². The Morgan fingerprint density at radius 3 is 2.91 bits per heavy atom. The Morgan fingerprint density at radius 1 is 1.73 bits per heavy atom. The maximum absolute atomic E-state index is 5.57. The Morgan fingerprint density at radius 2 is 2.45 bits per heavy atom. The number of hydrogen-bond acceptors (Lipinski definition) is 2. The lowest BCUT2D eigenvalue weighted by Crippen LogP contribution is -1.89. The minimum absolute atomic E-state index is 0.419. The predicted octanol–water partition coefficient (Wildman–Crippen LogP) is 2.59. The van der Waals surface area contributed by atoms with E-state index in [4.69, 9.17) is 16.3 Å². The van der Waals surface area contributed by atoms with Crippen molar-refractivity contribution >= 4 is 27.5 Å². The van der Waals surface area contributed by atoms with E-state index in [9.17, 15) is 0 Å². The van der Waals surface area contributed by atoms with E-state index in [1.54, 1.807) is 13.3 Å². The van der Waals surface area contributed by atoms with Crippen LogP contribution in [0, 0.1) is 0 Å². The van der Waals surface area contributed by atoms with E-state index < -0.39 is 0 Å². The van der Waals surface area contributed by atoms with Gasteiger partial charge in [0.25, 0.3) is 0 Å². The SMILES string of the molecule is COc1cnc(CCl)cc1Br. The summed E-state index contributed by atoms with van der Waals surface area (Å²) >= 11 is 8.89. The smallest absolute Gasteiger partial charge is 0.151 e. The number of methoxy groups -OCH3 is 1. The molecule has 0 saturated carbocycles. The number of alkyl halides is 1. The molecular weight excluding hydrogens is 229 g/mol. The zero-order chi connectivity index (χ0) is 8.27. The minimum atomic E-state index is 0.419. The molecule has 0 aliphatic carbocycles. The number of pyridine rings is 1. The van der Waals surface area contributed by atoms with Gasteiger partial charge in [0.2, 0.25) is 0 Å². The fourth-order valence-corrected chi connectivity index (χ4v) is 1.36. The average molecular weight is 236 g/mol. The molecule has 1 aromatic heterocycles. The monoisotopic (exact) mass is 235 g/mol. The van der Waals surface area contributed by atoms with Gasteiger partial charge in [-0.25, -0.2) is 0 Å². The first-order valence-corrected chi connectivity index (χ1v) is 4.35. The fraction of sp³-hybridized carbons (Fsp3) is 0.286. The Kier molecular flexibility index (Phi) is 3.15. The highest BCUT2D eigenvalue weighted by atomic mass is 79.9. The molecule has 1 heterocycles. The van der Waals surface area contributed by atoms with Crippen LogP contribution in [0.15, 0.2) is 16.7 Å². The van der Waals surface area contributed by atoms with Gasteiger partial charge in [0.05, 0.1) is 29.4 Å². The molecule has 0 aliphatic rings. The minimum Gasteiger partial charge on any atom is -0.494 e. The number of halogens is 2. The standard InChI is InChI=1S/C7H7BrClNO/c1-11-7-4-10-5(3-9)2-6(7)8/h2,4H,3H2,1H3. The first-order valence-electron chi connectivity index (χ1n) is 3.02. The van der Waals surface area contributed by atoms with Crippen LogP contribution < -0.4 is 4.74 Å². The quantitative estimate of drug-likeness (QED) is 0.737. The molecule has 0 amide bonds. The average Bonchev–Trinajstić information content (AvgIpc) is 2.04. The summed E-state index contributed by atoms with van der Waals surface area (Å²) in [4.78, 5) is 4.04. The topological polar surface area (TPSA) is 22.1 Å². The van der Waals surface area contributed by atoms with Gasteiger partial charge < -0.3 is 4.74 Å². The molecule has 0 saturated heterocycles. The second-order valence-corrected chi connectivity index (χ2v) is 3.07. The number of rotatable bonds is 2. The van der Waals surface area contributed by atoms with Crippen molar-refractivity contribution in [3.8, 4) is 5.75 Å². The lowest BCUT2D eigenvalue weighted by Gasteiger charge is -2.02. The van der Waals surface area contributed by atoms with Crippen LogP contribution in [-0.4, -0.2) is 12.1 Å². The summed E-state index contributed by atoms with van der Waals surface area (Å²) in [6.45, 7) is 0. The van der Waals surface area contributed by atoms with E-state index in [2.05, 4.69) is 20.9 Å². The summed E-state index contributed by atoms with van der Waals surface area (Å²) in [5.74, 6) is 1.14. The third kappa shape index (κ3) is 2.07. The number of aromatic nitrogens is 1. The molecule has 0 aromatic carbocycles. The highest BCUT2D eigenvalue weighted by molar-refractivity contribution is 9.10. The summed E-state index contributed by atoms with van der Waals surface area (Å²) in [6.07, 6.45) is 1.64. The Bertz CT molecular complexity index is 254. The molecule has 0 bridgehead atoms. The molecule has 4 heteroatoms. The second-order valence-electron chi connectivity index (χ2n) is 1.94. The van der Waals surface area contributed by atoms with Crippen molar-refractivity contribution in [2.24, 2.45) is 0 Å². The molecule has 1 aromatic rings. The first-order chi connectivity index (χ1) is 5.27. The number of ether oxygens (including phenoxy) is 1. The predicted molar refractivity (Wildman–Crippen MR) is 48.0 cm³/mol. The van der Waals surface area contributed by atoms with Crippen molar-refractivity contribution in [3.05, 3.63) is 22.4 Å². The van der Waals surface area contributed by atoms with Crippen LogP contribution >= 0.6 is 27.5 Å². The van der Waals surface area contributed by atoms with Crippen LogP contribution in [0.2, 0.25) is 0 Å². The van der Waals surface area contributed by atoms with Crippen LogP contribution in [0.25, 0.3) is 0 Å². The Labute approximate surface area is 78.7 Å². The zero-order valence-corrected chi connectivity index (χ0v) is 8.32. The van der Waals surface area contributed by atoms with Gasteiger partial charge in [-0.15, -0.1) is 11.6 Å². The molecule has 1 rings (SSSR count). The van der Waals surface area contributed by atoms with Gasteiger partial charge in [0.1, 0.15) is 0 Å². The lowest BCUT2D eigenvalue weighted by molar-refractivity contribution is 0.410. The van der Waals surface area contributed by atoms with Gasteiger partial charge in [-0.3, -0.25) is 4.98 Å². The highest BCUT2D eigenvalue weighted by Gasteiger charge is 2.00. The van der Waals surface area contributed by atoms with Crippen molar-refractivity contribution < 1.29 is 4.74 Å². The van der Waals surface area contributed by atoms with Gasteiger partial charge in [-0.2, -0.15) is 0 Å². The van der Waals surface area contributed by atoms with E-state index >= 15 is 0 Å². The Hall–Kier alpha value is -0.280. The molecule has 0 radical (unpaired) electrons. The van der Waals surface area contributed by atoms with E-state index in [1.807, 2.05) is 6.07 Å². The molecule has 0 unspecified atom stereocenters. The van der Waals surface area contributed by atoms with Gasteiger partial charge in [0.15, 0.2) is 5.75 Å². The van der Waals surface area contributed by atoms with E-state index in [0.717, 1.165) is 15.9 Å². The van der Waals surface area contributed by atoms with Crippen LogP contribution in [0.5, 0.6) is 5.75 Å². The Balaban J connectivity index is 2.99. The second kappa shape index (κ2) is 3.93. The maximum atomic E-state index is 5.57. The molecule has 0 N–H and O–H groups in total. The van der Waals surface area contributed by atoms with Gasteiger partial charge in [-0.05, 0) is 22.0 Å². The summed E-state index contributed by atoms with van der Waals surface area (Å²) < 4.78 is 5.87. The van der Waals surface area contributed by atoms with Crippen LogP contribution in [0.1, 0.15) is 5.69 Å². The molecule has 0 aliphatic heterocycles. The fourth-order valence-electron chi connectivity index (χ4n) is 0.681. The van der Waals surface area contributed by atoms with E-state index in [-0.39, 0.29) is 0 Å². The van der Waals surface area contributed by atoms with Crippen LogP contribution in [0.4, 0.5) is 0 Å². The molecule has 2 nitrogen and oxygen atoms in total. The molecule has 0 atom stereocenters. The summed E-state index contributed by atoms with van der Waals surface area (Å²) in [5.41, 5.74) is 0.833. The van der Waals surface area contributed by atoms with Crippen LogP contribution in [-0.2, 0) is 5.88 Å². The molecule has 0 spiro atoms. The maximum Gasteiger partial charge on any atom is 0.151 e. The number of nitrogens with zero attached hydrogens (tertiary/aromatic N) is 1. The molecular formula is C7H7BrClNO. The lowest BCUT2D eigenvalue weighted by atomic mass is 10.4. The molecule has 0 fully saturated rings. The largest absolute Gasteiger partial charge is 0.494 e. The number of hydrogen-bond donors (Lipinski definition) is 0. The third-order valence-corrected chi connectivity index (χ3v) is 2.13. The molecule has 11 heavy (non-hydrogen) atoms. The first kappa shape index (κ1) is 8.81. The third-order valence-electron chi connectivity index (χ3n) is 1.23. The summed E-state index contributed by atoms with van der Waals surface area (Å²) in [7, 11) is 1.60. The van der Waals surface area contributed by atoms with Crippen LogP contribution in [0.3, 0.4) is 0 Å². The van der Waals surface area contributed by atoms with Crippen molar-refractivity contribution in [1.82, 2.24) is 4.98 Å². The van der Waals surface area contributed by atoms with Crippen molar-refractivity contribution in [1.29, 1.82) is 0 Å². The highest BCUT2D eigenvalue weighted by Crippen LogP contribution is 2.24. The van der Waals surface area contributed by atoms with Crippen molar-refractivity contribution in [3.63, 3.8) is 0 Å². The van der Waals surface area contributed by atoms with Crippen molar-refractivity contribution in [2.45, 2.75) is 5.88 Å². The van der Waals surface area contributed by atoms with Crippen molar-refractivity contribution in [2.75, 3.05) is 7.11 Å². The van der Waals surface area contributed by atoms with Gasteiger partial charge >= 0.3 is 0 Å². The normalized spacial score (nSPS) is 9.73. The summed E-state index contributed by atoms with van der Waals surface area (Å²) in [5, 5.41) is 0. The zero-order valence-electron chi connectivity index (χ0n) is 5.97. The molecule has 60 valence electrons. The van der Waals surface area contributed by atoms with Gasteiger partial charge in [0, 0.05) is 0 Å². The summed E-state index contributed by atoms with van der Waals surface area (Å²) in [6, 6.07) is 1.84. The van der Waals surface area contributed by atoms with Gasteiger partial charge in [-0.1, -0.05) is 0 Å².